The van der Waals surface area contributed by atoms with Gasteiger partial charge in [-0.05, 0) is 31.4 Å². The molecule has 0 heterocycles. The maximum absolute atomic E-state index is 12.9. The van der Waals surface area contributed by atoms with E-state index in [4.69, 9.17) is 0 Å². The van der Waals surface area contributed by atoms with Crippen LogP contribution >= 0.6 is 0 Å². The Kier molecular flexibility index (Phi) is 7.45. The molecule has 118 valence electrons. The Morgan fingerprint density at radius 3 is 2.52 bits per heavy atom. The molecule has 21 heavy (non-hydrogen) atoms. The zero-order valence-electron chi connectivity index (χ0n) is 13.2. The Balaban J connectivity index is 2.01. The van der Waals surface area contributed by atoms with E-state index in [1.54, 1.807) is 0 Å². The third kappa shape index (κ3) is 5.55. The number of benzene rings is 1. The first-order chi connectivity index (χ1) is 10.3. The third-order valence-corrected chi connectivity index (χ3v) is 6.21. The Bertz CT molecular complexity index is 418. The lowest BCUT2D eigenvalue weighted by molar-refractivity contribution is 0.394. The predicted molar refractivity (Wildman–Crippen MR) is 91.9 cm³/mol. The summed E-state index contributed by atoms with van der Waals surface area (Å²) in [6.45, 7) is 3.25. The lowest BCUT2D eigenvalue weighted by Gasteiger charge is -2.29. The quantitative estimate of drug-likeness (QED) is 0.860. The van der Waals surface area contributed by atoms with Gasteiger partial charge in [-0.1, -0.05) is 62.9 Å². The first kappa shape index (κ1) is 16.7. The van der Waals surface area contributed by atoms with E-state index in [-0.39, 0.29) is 0 Å². The van der Waals surface area contributed by atoms with Crippen LogP contribution in [0.15, 0.2) is 30.3 Å². The van der Waals surface area contributed by atoms with Crippen LogP contribution in [0.2, 0.25) is 0 Å². The van der Waals surface area contributed by atoms with Crippen molar-refractivity contribution in [3.63, 3.8) is 0 Å². The van der Waals surface area contributed by atoms with Crippen LogP contribution in [0.5, 0.6) is 0 Å². The van der Waals surface area contributed by atoms with Crippen molar-refractivity contribution in [2.24, 2.45) is 0 Å². The molecule has 1 N–H and O–H groups in total. The van der Waals surface area contributed by atoms with E-state index in [1.165, 1.54) is 37.7 Å². The highest BCUT2D eigenvalue weighted by atomic mass is 32.2. The highest BCUT2D eigenvalue weighted by molar-refractivity contribution is 7.84. The normalized spacial score (nSPS) is 25.0. The molecule has 1 aromatic rings. The van der Waals surface area contributed by atoms with Crippen molar-refractivity contribution >= 4 is 10.8 Å². The average molecular weight is 308 g/mol. The molecule has 2 nitrogen and oxygen atoms in total. The zero-order chi connectivity index (χ0) is 14.9. The predicted octanol–water partition coefficient (Wildman–Crippen LogP) is 4.03. The van der Waals surface area contributed by atoms with Crippen LogP contribution in [-0.4, -0.2) is 22.0 Å². The van der Waals surface area contributed by atoms with Crippen LogP contribution in [0.25, 0.3) is 0 Å². The van der Waals surface area contributed by atoms with Gasteiger partial charge in [0.25, 0.3) is 0 Å². The van der Waals surface area contributed by atoms with E-state index in [0.717, 1.165) is 19.4 Å². The third-order valence-electron chi connectivity index (χ3n) is 4.35. The number of hydrogen-bond acceptors (Lipinski definition) is 2. The molecule has 3 unspecified atom stereocenters. The van der Waals surface area contributed by atoms with E-state index in [2.05, 4.69) is 24.4 Å². The maximum Gasteiger partial charge on any atom is 0.0504 e. The second-order valence-corrected chi connectivity index (χ2v) is 7.76. The molecule has 1 aliphatic rings. The van der Waals surface area contributed by atoms with Gasteiger partial charge in [-0.15, -0.1) is 0 Å². The van der Waals surface area contributed by atoms with Crippen molar-refractivity contribution in [2.45, 2.75) is 68.9 Å². The fraction of sp³-hybridized carbons (Fsp3) is 0.667. The summed E-state index contributed by atoms with van der Waals surface area (Å²) < 4.78 is 12.9. The molecule has 1 aliphatic carbocycles. The van der Waals surface area contributed by atoms with E-state index in [1.807, 2.05) is 18.2 Å². The second-order valence-electron chi connectivity index (χ2n) is 6.10. The number of rotatable bonds is 6. The van der Waals surface area contributed by atoms with Gasteiger partial charge >= 0.3 is 0 Å². The summed E-state index contributed by atoms with van der Waals surface area (Å²) >= 11 is 0. The molecule has 0 bridgehead atoms. The van der Waals surface area contributed by atoms with Crippen molar-refractivity contribution in [1.29, 1.82) is 0 Å². The van der Waals surface area contributed by atoms with Crippen molar-refractivity contribution < 1.29 is 4.21 Å². The minimum atomic E-state index is -0.772. The Morgan fingerprint density at radius 1 is 1.10 bits per heavy atom. The van der Waals surface area contributed by atoms with Crippen molar-refractivity contribution in [3.8, 4) is 0 Å². The van der Waals surface area contributed by atoms with Crippen LogP contribution < -0.4 is 5.32 Å². The molecule has 2 rings (SSSR count). The molecule has 1 aromatic carbocycles. The van der Waals surface area contributed by atoms with Gasteiger partial charge in [0.2, 0.25) is 0 Å². The summed E-state index contributed by atoms with van der Waals surface area (Å²) in [7, 11) is -0.772. The molecular formula is C18H29NOS. The highest BCUT2D eigenvalue weighted by Gasteiger charge is 2.27. The topological polar surface area (TPSA) is 29.1 Å². The van der Waals surface area contributed by atoms with Gasteiger partial charge in [0.15, 0.2) is 0 Å². The Labute approximate surface area is 132 Å². The minimum absolute atomic E-state index is 0.317. The fourth-order valence-corrected chi connectivity index (χ4v) is 4.94. The lowest BCUT2D eigenvalue weighted by Crippen LogP contribution is -2.43. The molecule has 0 radical (unpaired) electrons. The van der Waals surface area contributed by atoms with E-state index in [0.29, 0.717) is 17.0 Å². The first-order valence-corrected chi connectivity index (χ1v) is 9.84. The minimum Gasteiger partial charge on any atom is -0.313 e. The summed E-state index contributed by atoms with van der Waals surface area (Å²) in [6.07, 6.45) is 8.60. The summed E-state index contributed by atoms with van der Waals surface area (Å²) in [4.78, 5) is 0. The van der Waals surface area contributed by atoms with Crippen LogP contribution in [0.3, 0.4) is 0 Å². The monoisotopic (exact) mass is 307 g/mol. The number of hydrogen-bond donors (Lipinski definition) is 1. The van der Waals surface area contributed by atoms with Crippen LogP contribution in [0, 0.1) is 0 Å². The molecule has 0 saturated heterocycles. The summed E-state index contributed by atoms with van der Waals surface area (Å²) in [6, 6.07) is 10.7. The second kappa shape index (κ2) is 9.37. The molecule has 0 aliphatic heterocycles. The Morgan fingerprint density at radius 2 is 1.81 bits per heavy atom. The van der Waals surface area contributed by atoms with Gasteiger partial charge in [-0.3, -0.25) is 4.21 Å². The number of nitrogens with one attached hydrogen (secondary N) is 1. The zero-order valence-corrected chi connectivity index (χ0v) is 14.0. The SMILES string of the molecule is CCCNC1CCCCCCC1S(=O)Cc1ccccc1. The largest absolute Gasteiger partial charge is 0.313 e. The van der Waals surface area contributed by atoms with Crippen LogP contribution in [0.1, 0.15) is 57.4 Å². The van der Waals surface area contributed by atoms with E-state index >= 15 is 0 Å². The van der Waals surface area contributed by atoms with Gasteiger partial charge in [-0.25, -0.2) is 0 Å². The maximum atomic E-state index is 12.9. The van der Waals surface area contributed by atoms with Crippen molar-refractivity contribution in [2.75, 3.05) is 6.54 Å². The van der Waals surface area contributed by atoms with E-state index < -0.39 is 10.8 Å². The molecule has 1 fully saturated rings. The van der Waals surface area contributed by atoms with Gasteiger partial charge < -0.3 is 5.32 Å². The smallest absolute Gasteiger partial charge is 0.0504 e. The standard InChI is InChI=1S/C18H29NOS/c1-2-14-19-17-12-8-3-4-9-13-18(17)21(20)15-16-10-6-5-7-11-16/h5-7,10-11,17-19H,2-4,8-9,12-15H2,1H3. The van der Waals surface area contributed by atoms with Crippen LogP contribution in [0.4, 0.5) is 0 Å². The molecule has 0 aromatic heterocycles. The summed E-state index contributed by atoms with van der Waals surface area (Å²) in [5.74, 6) is 0.704. The average Bonchev–Trinajstić information content (AvgIpc) is 2.47. The molecule has 0 spiro atoms. The van der Waals surface area contributed by atoms with Gasteiger partial charge in [0.1, 0.15) is 0 Å². The molecule has 3 heteroatoms. The van der Waals surface area contributed by atoms with Gasteiger partial charge in [0, 0.05) is 22.6 Å². The molecule has 3 atom stereocenters. The summed E-state index contributed by atoms with van der Waals surface area (Å²) in [5, 5.41) is 3.98. The molecule has 1 saturated carbocycles. The van der Waals surface area contributed by atoms with Gasteiger partial charge in [0.05, 0.1) is 5.25 Å². The van der Waals surface area contributed by atoms with Gasteiger partial charge in [-0.2, -0.15) is 0 Å². The highest BCUT2D eigenvalue weighted by Crippen LogP contribution is 2.23. The van der Waals surface area contributed by atoms with E-state index in [9.17, 15) is 4.21 Å². The molecular weight excluding hydrogens is 278 g/mol. The lowest BCUT2D eigenvalue weighted by atomic mass is 9.96. The molecule has 0 amide bonds. The fourth-order valence-electron chi connectivity index (χ4n) is 3.17. The first-order valence-electron chi connectivity index (χ1n) is 8.45. The Hall–Kier alpha value is -0.670. The van der Waals surface area contributed by atoms with Crippen LogP contribution in [-0.2, 0) is 16.6 Å². The summed E-state index contributed by atoms with van der Waals surface area (Å²) in [5.41, 5.74) is 1.20. The van der Waals surface area contributed by atoms with Crippen molar-refractivity contribution in [3.05, 3.63) is 35.9 Å². The van der Waals surface area contributed by atoms with Crippen molar-refractivity contribution in [1.82, 2.24) is 5.32 Å².